The molecule has 0 spiro atoms. The van der Waals surface area contributed by atoms with Crippen LogP contribution >= 0.6 is 0 Å². The Hall–Kier alpha value is -1.97. The molecule has 2 N–H and O–H groups in total. The predicted molar refractivity (Wildman–Crippen MR) is 69.4 cm³/mol. The SMILES string of the molecule is O=C(O)c1ccc2[nH]c3c(c2c1)C1CCN3CC1. The van der Waals surface area contributed by atoms with E-state index in [0.717, 1.165) is 24.0 Å². The molecule has 1 saturated heterocycles. The first-order valence-electron chi connectivity index (χ1n) is 6.38. The molecule has 0 unspecified atom stereocenters. The second-order valence-electron chi connectivity index (χ2n) is 5.21. The number of aromatic nitrogens is 1. The van der Waals surface area contributed by atoms with E-state index >= 15 is 0 Å². The quantitative estimate of drug-likeness (QED) is 0.808. The van der Waals surface area contributed by atoms with Crippen LogP contribution in [0.4, 0.5) is 5.82 Å². The Kier molecular flexibility index (Phi) is 1.82. The molecular formula is C14H14N2O2. The maximum Gasteiger partial charge on any atom is 0.335 e. The van der Waals surface area contributed by atoms with Gasteiger partial charge in [0.1, 0.15) is 5.82 Å². The molecule has 4 heteroatoms. The predicted octanol–water partition coefficient (Wildman–Crippen LogP) is 2.56. The lowest BCUT2D eigenvalue weighted by Gasteiger charge is -2.40. The average molecular weight is 242 g/mol. The zero-order valence-electron chi connectivity index (χ0n) is 9.94. The summed E-state index contributed by atoms with van der Waals surface area (Å²) in [6, 6.07) is 5.37. The monoisotopic (exact) mass is 242 g/mol. The number of piperidine rings is 1. The van der Waals surface area contributed by atoms with Crippen molar-refractivity contribution in [1.82, 2.24) is 4.98 Å². The minimum absolute atomic E-state index is 0.376. The standard InChI is InChI=1S/C14H14N2O2/c17-14(18)9-1-2-11-10(7-9)12-8-3-5-16(6-4-8)13(12)15-11/h1-2,7-8,15H,3-6H2,(H,17,18). The van der Waals surface area contributed by atoms with E-state index in [2.05, 4.69) is 9.88 Å². The number of carbonyl (C=O) groups is 1. The average Bonchev–Trinajstić information content (AvgIpc) is 2.80. The first-order valence-corrected chi connectivity index (χ1v) is 6.38. The molecule has 0 amide bonds. The fourth-order valence-electron chi connectivity index (χ4n) is 3.39. The Morgan fingerprint density at radius 3 is 2.83 bits per heavy atom. The number of aromatic amines is 1. The van der Waals surface area contributed by atoms with Crippen LogP contribution in [-0.4, -0.2) is 29.1 Å². The van der Waals surface area contributed by atoms with Crippen LogP contribution in [0.3, 0.4) is 0 Å². The zero-order valence-corrected chi connectivity index (χ0v) is 9.94. The van der Waals surface area contributed by atoms with Crippen LogP contribution in [0.25, 0.3) is 10.9 Å². The molecule has 0 saturated carbocycles. The third-order valence-corrected chi connectivity index (χ3v) is 4.28. The van der Waals surface area contributed by atoms with E-state index in [1.807, 2.05) is 12.1 Å². The van der Waals surface area contributed by atoms with Crippen LogP contribution in [0.1, 0.15) is 34.7 Å². The number of benzene rings is 1. The van der Waals surface area contributed by atoms with Gasteiger partial charge in [-0.1, -0.05) is 0 Å². The molecule has 1 aromatic carbocycles. The summed E-state index contributed by atoms with van der Waals surface area (Å²) < 4.78 is 0. The normalized spacial score (nSPS) is 18.3. The Labute approximate surface area is 104 Å². The number of hydrogen-bond donors (Lipinski definition) is 2. The highest BCUT2D eigenvalue weighted by Gasteiger charge is 2.33. The van der Waals surface area contributed by atoms with Crippen LogP contribution in [0.2, 0.25) is 0 Å². The fraction of sp³-hybridized carbons (Fsp3) is 0.357. The molecule has 3 aliphatic rings. The highest BCUT2D eigenvalue weighted by molar-refractivity contribution is 5.97. The fourth-order valence-corrected chi connectivity index (χ4v) is 3.39. The smallest absolute Gasteiger partial charge is 0.335 e. The first-order chi connectivity index (χ1) is 8.74. The second-order valence-corrected chi connectivity index (χ2v) is 5.21. The van der Waals surface area contributed by atoms with Gasteiger partial charge in [0.15, 0.2) is 0 Å². The van der Waals surface area contributed by atoms with Crippen molar-refractivity contribution in [2.24, 2.45) is 0 Å². The summed E-state index contributed by atoms with van der Waals surface area (Å²) in [4.78, 5) is 16.9. The number of H-pyrrole nitrogens is 1. The molecule has 4 nitrogen and oxygen atoms in total. The Balaban J connectivity index is 2.01. The van der Waals surface area contributed by atoms with E-state index in [9.17, 15) is 4.79 Å². The molecule has 1 aromatic heterocycles. The van der Waals surface area contributed by atoms with Crippen LogP contribution < -0.4 is 4.90 Å². The summed E-state index contributed by atoms with van der Waals surface area (Å²) in [5, 5.41) is 10.2. The maximum atomic E-state index is 11.1. The number of aromatic carboxylic acids is 1. The van der Waals surface area contributed by atoms with Gasteiger partial charge >= 0.3 is 5.97 Å². The number of rotatable bonds is 1. The first kappa shape index (κ1) is 10.00. The lowest BCUT2D eigenvalue weighted by molar-refractivity contribution is 0.0697. The molecule has 2 aromatic rings. The van der Waals surface area contributed by atoms with E-state index in [1.165, 1.54) is 24.2 Å². The van der Waals surface area contributed by atoms with Gasteiger partial charge in [-0.3, -0.25) is 0 Å². The number of carboxylic acid groups (broad SMARTS) is 1. The van der Waals surface area contributed by atoms with Crippen LogP contribution in [0.5, 0.6) is 0 Å². The van der Waals surface area contributed by atoms with Crippen LogP contribution in [-0.2, 0) is 0 Å². The number of nitrogens with one attached hydrogen (secondary N) is 1. The van der Waals surface area contributed by atoms with Crippen LogP contribution in [0.15, 0.2) is 18.2 Å². The van der Waals surface area contributed by atoms with Gasteiger partial charge in [-0.25, -0.2) is 4.79 Å². The molecular weight excluding hydrogens is 228 g/mol. The number of anilines is 1. The molecule has 0 aliphatic carbocycles. The molecule has 2 bridgehead atoms. The van der Waals surface area contributed by atoms with Gasteiger partial charge in [0.2, 0.25) is 0 Å². The highest BCUT2D eigenvalue weighted by atomic mass is 16.4. The third kappa shape index (κ3) is 1.17. The van der Waals surface area contributed by atoms with Crippen molar-refractivity contribution in [3.05, 3.63) is 29.3 Å². The summed E-state index contributed by atoms with van der Waals surface area (Å²) in [6.07, 6.45) is 2.38. The van der Waals surface area contributed by atoms with Crippen molar-refractivity contribution >= 4 is 22.7 Å². The third-order valence-electron chi connectivity index (χ3n) is 4.28. The van der Waals surface area contributed by atoms with Gasteiger partial charge < -0.3 is 15.0 Å². The van der Waals surface area contributed by atoms with Gasteiger partial charge in [0, 0.05) is 29.6 Å². The maximum absolute atomic E-state index is 11.1. The number of hydrogen-bond acceptors (Lipinski definition) is 2. The zero-order chi connectivity index (χ0) is 12.3. The van der Waals surface area contributed by atoms with Crippen molar-refractivity contribution in [1.29, 1.82) is 0 Å². The molecule has 1 fully saturated rings. The number of carboxylic acids is 1. The van der Waals surface area contributed by atoms with E-state index in [1.54, 1.807) is 6.07 Å². The lowest BCUT2D eigenvalue weighted by Crippen LogP contribution is -2.38. The summed E-state index contributed by atoms with van der Waals surface area (Å²) >= 11 is 0. The molecule has 3 aliphatic heterocycles. The van der Waals surface area contributed by atoms with E-state index in [4.69, 9.17) is 5.11 Å². The summed E-state index contributed by atoms with van der Waals surface area (Å²) in [5.41, 5.74) is 2.77. The minimum atomic E-state index is -0.854. The summed E-state index contributed by atoms with van der Waals surface area (Å²) in [5.74, 6) is 0.964. The van der Waals surface area contributed by atoms with Gasteiger partial charge in [0.25, 0.3) is 0 Å². The van der Waals surface area contributed by atoms with Crippen LogP contribution in [0, 0.1) is 0 Å². The van der Waals surface area contributed by atoms with E-state index in [0.29, 0.717) is 11.5 Å². The summed E-state index contributed by atoms with van der Waals surface area (Å²) in [6.45, 7) is 2.24. The largest absolute Gasteiger partial charge is 0.478 e. The minimum Gasteiger partial charge on any atom is -0.478 e. The molecule has 5 rings (SSSR count). The topological polar surface area (TPSA) is 56.3 Å². The van der Waals surface area contributed by atoms with Gasteiger partial charge in [0.05, 0.1) is 5.56 Å². The van der Waals surface area contributed by atoms with Crippen molar-refractivity contribution in [2.75, 3.05) is 18.0 Å². The van der Waals surface area contributed by atoms with Gasteiger partial charge in [-0.15, -0.1) is 0 Å². The van der Waals surface area contributed by atoms with E-state index in [-0.39, 0.29) is 0 Å². The number of nitrogens with zero attached hydrogens (tertiary/aromatic N) is 1. The molecule has 18 heavy (non-hydrogen) atoms. The summed E-state index contributed by atoms with van der Waals surface area (Å²) in [7, 11) is 0. The Morgan fingerprint density at radius 2 is 2.11 bits per heavy atom. The molecule has 0 radical (unpaired) electrons. The Bertz CT molecular complexity index is 651. The van der Waals surface area contributed by atoms with Crippen molar-refractivity contribution < 1.29 is 9.90 Å². The van der Waals surface area contributed by atoms with Crippen molar-refractivity contribution in [2.45, 2.75) is 18.8 Å². The van der Waals surface area contributed by atoms with E-state index < -0.39 is 5.97 Å². The van der Waals surface area contributed by atoms with Gasteiger partial charge in [-0.05, 0) is 37.0 Å². The highest BCUT2D eigenvalue weighted by Crippen LogP contribution is 2.45. The van der Waals surface area contributed by atoms with Gasteiger partial charge in [-0.2, -0.15) is 0 Å². The molecule has 4 heterocycles. The molecule has 92 valence electrons. The lowest BCUT2D eigenvalue weighted by atomic mass is 9.84. The second kappa shape index (κ2) is 3.28. The number of fused-ring (bicyclic) bond motifs is 3. The molecule has 0 atom stereocenters. The van der Waals surface area contributed by atoms with Crippen molar-refractivity contribution in [3.63, 3.8) is 0 Å². The Morgan fingerprint density at radius 1 is 1.33 bits per heavy atom. The van der Waals surface area contributed by atoms with Crippen molar-refractivity contribution in [3.8, 4) is 0 Å².